The topological polar surface area (TPSA) is 119 Å². The lowest BCUT2D eigenvalue weighted by Gasteiger charge is -2.29. The summed E-state index contributed by atoms with van der Waals surface area (Å²) in [5, 5.41) is 19.0. The maximum atomic E-state index is 15.5. The summed E-state index contributed by atoms with van der Waals surface area (Å²) in [6.07, 6.45) is 6.29. The maximum Gasteiger partial charge on any atom is 0.261 e. The third kappa shape index (κ3) is 3.20. The van der Waals surface area contributed by atoms with Crippen LogP contribution in [-0.4, -0.2) is 30.5 Å². The Balaban J connectivity index is 1.53. The zero-order valence-corrected chi connectivity index (χ0v) is 19.6. The summed E-state index contributed by atoms with van der Waals surface area (Å²) in [5.41, 5.74) is 10.1. The molecule has 2 aromatic carbocycles. The number of rotatable bonds is 3. The first kappa shape index (κ1) is 21.7. The third-order valence-electron chi connectivity index (χ3n) is 6.84. The summed E-state index contributed by atoms with van der Waals surface area (Å²) in [6, 6.07) is 10.1. The van der Waals surface area contributed by atoms with Gasteiger partial charge in [-0.3, -0.25) is 19.1 Å². The van der Waals surface area contributed by atoms with Crippen molar-refractivity contribution in [2.24, 2.45) is 14.1 Å². The van der Waals surface area contributed by atoms with Gasteiger partial charge in [-0.15, -0.1) is 0 Å². The van der Waals surface area contributed by atoms with Crippen LogP contribution in [0.5, 0.6) is 0 Å². The number of pyridine rings is 1. The molecule has 0 spiro atoms. The SMILES string of the molecule is Cn1cc(N(C(=O)c2cc3c(cc2F)nc(N)c2cnn(C)c23)C2CCc3cc(C#N)ccc32)cn1. The Bertz CT molecular complexity index is 1740. The van der Waals surface area contributed by atoms with Crippen molar-refractivity contribution < 1.29 is 9.18 Å². The minimum atomic E-state index is -0.687. The van der Waals surface area contributed by atoms with Gasteiger partial charge in [0.25, 0.3) is 5.91 Å². The van der Waals surface area contributed by atoms with Gasteiger partial charge in [-0.2, -0.15) is 15.5 Å². The molecule has 178 valence electrons. The summed E-state index contributed by atoms with van der Waals surface area (Å²) in [5.74, 6) is -0.926. The van der Waals surface area contributed by atoms with Crippen molar-refractivity contribution in [1.29, 1.82) is 5.26 Å². The first-order chi connectivity index (χ1) is 17.4. The number of aryl methyl sites for hydroxylation is 3. The smallest absolute Gasteiger partial charge is 0.261 e. The number of amides is 1. The Morgan fingerprint density at radius 3 is 2.78 bits per heavy atom. The maximum absolute atomic E-state index is 15.5. The van der Waals surface area contributed by atoms with Crippen LogP contribution in [0.3, 0.4) is 0 Å². The predicted octanol–water partition coefficient (Wildman–Crippen LogP) is 3.78. The van der Waals surface area contributed by atoms with Gasteiger partial charge in [0.05, 0.1) is 57.7 Å². The molecular weight excluding hydrogens is 459 g/mol. The number of nitriles is 1. The highest BCUT2D eigenvalue weighted by Gasteiger charge is 2.35. The first-order valence-electron chi connectivity index (χ1n) is 11.4. The van der Waals surface area contributed by atoms with Crippen LogP contribution >= 0.6 is 0 Å². The van der Waals surface area contributed by atoms with E-state index in [1.165, 1.54) is 12.1 Å². The number of nitrogens with two attached hydrogens (primary N) is 1. The number of fused-ring (bicyclic) bond motifs is 4. The number of aromatic nitrogens is 5. The lowest BCUT2D eigenvalue weighted by molar-refractivity contribution is 0.0972. The van der Waals surface area contributed by atoms with Crippen LogP contribution in [0.4, 0.5) is 15.9 Å². The van der Waals surface area contributed by atoms with E-state index < -0.39 is 11.7 Å². The highest BCUT2D eigenvalue weighted by Crippen LogP contribution is 2.40. The molecule has 0 radical (unpaired) electrons. The Morgan fingerprint density at radius 2 is 2.03 bits per heavy atom. The minimum absolute atomic E-state index is 0.0810. The van der Waals surface area contributed by atoms with Crippen LogP contribution < -0.4 is 10.6 Å². The fourth-order valence-corrected chi connectivity index (χ4v) is 5.18. The highest BCUT2D eigenvalue weighted by atomic mass is 19.1. The van der Waals surface area contributed by atoms with E-state index in [1.807, 2.05) is 12.1 Å². The Kier molecular flexibility index (Phi) is 4.76. The molecule has 1 amide bonds. The van der Waals surface area contributed by atoms with Gasteiger partial charge in [0, 0.05) is 31.7 Å². The van der Waals surface area contributed by atoms with E-state index >= 15 is 4.39 Å². The van der Waals surface area contributed by atoms with E-state index in [0.29, 0.717) is 45.9 Å². The van der Waals surface area contributed by atoms with Crippen LogP contribution in [0.15, 0.2) is 48.9 Å². The van der Waals surface area contributed by atoms with Gasteiger partial charge in [0.1, 0.15) is 11.6 Å². The molecule has 1 unspecified atom stereocenters. The number of nitrogens with zero attached hydrogens (tertiary/aromatic N) is 7. The quantitative estimate of drug-likeness (QED) is 0.420. The number of carbonyl (C=O) groups is 1. The van der Waals surface area contributed by atoms with Crippen molar-refractivity contribution in [1.82, 2.24) is 24.5 Å². The lowest BCUT2D eigenvalue weighted by atomic mass is 10.0. The molecular formula is C26H21FN8O. The zero-order chi connectivity index (χ0) is 25.1. The van der Waals surface area contributed by atoms with Gasteiger partial charge in [-0.25, -0.2) is 9.37 Å². The molecule has 0 saturated carbocycles. The fraction of sp³-hybridized carbons (Fsp3) is 0.192. The third-order valence-corrected chi connectivity index (χ3v) is 6.84. The van der Waals surface area contributed by atoms with Crippen molar-refractivity contribution in [3.05, 3.63) is 77.0 Å². The molecule has 0 aliphatic heterocycles. The van der Waals surface area contributed by atoms with Crippen LogP contribution in [0.2, 0.25) is 0 Å². The molecule has 36 heavy (non-hydrogen) atoms. The summed E-state index contributed by atoms with van der Waals surface area (Å²) in [7, 11) is 3.53. The number of carbonyl (C=O) groups excluding carboxylic acids is 1. The lowest BCUT2D eigenvalue weighted by Crippen LogP contribution is -2.34. The van der Waals surface area contributed by atoms with Gasteiger partial charge >= 0.3 is 0 Å². The monoisotopic (exact) mass is 480 g/mol. The second kappa shape index (κ2) is 7.88. The largest absolute Gasteiger partial charge is 0.383 e. The summed E-state index contributed by atoms with van der Waals surface area (Å²) >= 11 is 0. The molecule has 1 aliphatic rings. The Hall–Kier alpha value is -4.78. The molecule has 10 heteroatoms. The van der Waals surface area contributed by atoms with Gasteiger partial charge in [-0.05, 0) is 42.2 Å². The summed E-state index contributed by atoms with van der Waals surface area (Å²) in [6.45, 7) is 0. The number of hydrogen-bond donors (Lipinski definition) is 1. The van der Waals surface area contributed by atoms with E-state index in [0.717, 1.165) is 11.1 Å². The molecule has 5 aromatic rings. The second-order valence-corrected chi connectivity index (χ2v) is 9.00. The highest BCUT2D eigenvalue weighted by molar-refractivity contribution is 6.13. The first-order valence-corrected chi connectivity index (χ1v) is 11.4. The molecule has 6 rings (SSSR count). The summed E-state index contributed by atoms with van der Waals surface area (Å²) in [4.78, 5) is 20.0. The van der Waals surface area contributed by atoms with Gasteiger partial charge in [0.2, 0.25) is 0 Å². The molecule has 1 aliphatic carbocycles. The second-order valence-electron chi connectivity index (χ2n) is 9.00. The van der Waals surface area contributed by atoms with Gasteiger partial charge < -0.3 is 5.73 Å². The number of anilines is 2. The number of benzene rings is 2. The Labute approximate surface area is 205 Å². The zero-order valence-electron chi connectivity index (χ0n) is 19.6. The van der Waals surface area contributed by atoms with Crippen molar-refractivity contribution in [3.63, 3.8) is 0 Å². The molecule has 3 aromatic heterocycles. The molecule has 1 atom stereocenters. The van der Waals surface area contributed by atoms with Crippen LogP contribution in [0.1, 0.15) is 39.5 Å². The van der Waals surface area contributed by atoms with Gasteiger partial charge in [0.15, 0.2) is 0 Å². The number of nitrogen functional groups attached to an aromatic ring is 1. The molecule has 9 nitrogen and oxygen atoms in total. The van der Waals surface area contributed by atoms with E-state index in [4.69, 9.17) is 5.73 Å². The van der Waals surface area contributed by atoms with Gasteiger partial charge in [-0.1, -0.05) is 6.07 Å². The van der Waals surface area contributed by atoms with E-state index in [1.54, 1.807) is 53.0 Å². The molecule has 0 bridgehead atoms. The minimum Gasteiger partial charge on any atom is -0.383 e. The van der Waals surface area contributed by atoms with Crippen LogP contribution in [-0.2, 0) is 20.5 Å². The number of halogens is 1. The molecule has 3 heterocycles. The number of hydrogen-bond acceptors (Lipinski definition) is 6. The molecule has 0 saturated heterocycles. The average molecular weight is 481 g/mol. The average Bonchev–Trinajstić information content (AvgIpc) is 3.58. The van der Waals surface area contributed by atoms with Crippen LogP contribution in [0, 0.1) is 17.1 Å². The van der Waals surface area contributed by atoms with E-state index in [9.17, 15) is 10.1 Å². The normalized spacial score (nSPS) is 14.8. The van der Waals surface area contributed by atoms with Crippen LogP contribution in [0.25, 0.3) is 21.8 Å². The summed E-state index contributed by atoms with van der Waals surface area (Å²) < 4.78 is 18.7. The fourth-order valence-electron chi connectivity index (χ4n) is 5.18. The van der Waals surface area contributed by atoms with Crippen molar-refractivity contribution in [2.75, 3.05) is 10.6 Å². The molecule has 0 fully saturated rings. The standard InChI is InChI=1S/C26H21FN8O/c1-33-13-16(11-30-33)35(23-6-4-15-7-14(10-28)3-5-17(15)23)26(36)18-8-19-22(9-21(18)27)32-25(29)20-12-31-34(2)24(19)20/h3,5,7-9,11-13,23H,4,6H2,1-2H3,(H2,29,32). The van der Waals surface area contributed by atoms with E-state index in [-0.39, 0.29) is 17.4 Å². The Morgan fingerprint density at radius 1 is 1.19 bits per heavy atom. The van der Waals surface area contributed by atoms with E-state index in [2.05, 4.69) is 21.3 Å². The van der Waals surface area contributed by atoms with Crippen molar-refractivity contribution in [2.45, 2.75) is 18.9 Å². The predicted molar refractivity (Wildman–Crippen MR) is 133 cm³/mol. The molecule has 2 N–H and O–H groups in total. The van der Waals surface area contributed by atoms with Crippen molar-refractivity contribution >= 4 is 39.2 Å². The van der Waals surface area contributed by atoms with Crippen molar-refractivity contribution in [3.8, 4) is 6.07 Å².